The van der Waals surface area contributed by atoms with Gasteiger partial charge in [-0.25, -0.2) is 17.9 Å². The number of nitrogens with zero attached hydrogens (tertiary/aromatic N) is 1. The van der Waals surface area contributed by atoms with Crippen LogP contribution in [0.3, 0.4) is 0 Å². The van der Waals surface area contributed by atoms with Crippen LogP contribution in [0.25, 0.3) is 0 Å². The van der Waals surface area contributed by atoms with Crippen LogP contribution in [-0.2, 0) is 57.2 Å². The van der Waals surface area contributed by atoms with Crippen LogP contribution in [0.2, 0.25) is 0 Å². The Morgan fingerprint density at radius 3 is 2.23 bits per heavy atom. The van der Waals surface area contributed by atoms with Crippen LogP contribution < -0.4 is 4.72 Å². The number of sulfonamides is 1. The molecule has 0 unspecified atom stereocenters. The van der Waals surface area contributed by atoms with Crippen molar-refractivity contribution in [3.8, 4) is 0 Å². The first kappa shape index (κ1) is 60.7. The summed E-state index contributed by atoms with van der Waals surface area (Å²) in [5.74, 6) is -6.98. The number of carbonyl (C=O) groups is 4. The molecule has 0 radical (unpaired) electrons. The molecule has 3 N–H and O–H groups in total. The SMILES string of the molecule is CO[C@@H]1C[C@H](C[C@@H](C)[C@@H]2CC[C@H](C)/C=C(\C)[C@@H](O)[C@@H](OC)C(=O)[C@H](C)C[C@H](C)/C=C/C=C/C=C(\C)[C@@H](NS(C)(=O)=O)C[C@@H]3CC[C@@H](C)[C@@](O)(O3)C(=O)C(=O)N3CCCC[C@H]3C(=O)O2)CC[C@H]1OP(C)(C)=O. The minimum Gasteiger partial charge on any atom is -0.461 e. The molecule has 0 aromatic carbocycles. The highest BCUT2D eigenvalue weighted by Crippen LogP contribution is 2.45. The van der Waals surface area contributed by atoms with E-state index in [-0.39, 0.29) is 61.0 Å². The van der Waals surface area contributed by atoms with Gasteiger partial charge in [0.25, 0.3) is 11.7 Å². The Morgan fingerprint density at radius 2 is 1.58 bits per heavy atom. The monoisotopic (exact) mass is 1040 g/mol. The number of hydrogen-bond donors (Lipinski definition) is 3. The lowest BCUT2D eigenvalue weighted by Crippen LogP contribution is -2.61. The standard InChI is InChI=1S/C53H87N2O14PS/c1-33-18-14-13-15-19-35(3)42(54-71(12,63)64)32-41-24-22-39(7)53(61,68-41)50(58)51(59)55-27-17-16-20-43(55)52(60)67-44(36(4)30-40-23-26-45(46(31-40)65-8)69-70(10,11)62)25-21-34(2)29-38(6)48(57)49(66-9)47(56)37(5)28-33/h13-15,18-19,29,33-34,36-37,39-46,48-49,54,57,61H,16-17,20-28,30-32H2,1-12H3/b15-13+,18-14+,35-19+,38-29+/t33-,34+,36-,37-,39-,40+,41+,42+,43+,44+,45-,46-,48-,49+,53-/m1/s1. The van der Waals surface area contributed by atoms with Crippen LogP contribution >= 0.6 is 7.37 Å². The third kappa shape index (κ3) is 17.9. The maximum atomic E-state index is 14.5. The molecule has 0 aromatic rings. The van der Waals surface area contributed by atoms with E-state index in [1.54, 1.807) is 59.4 Å². The number of cyclic esters (lactones) is 1. The Bertz CT molecular complexity index is 2100. The van der Waals surface area contributed by atoms with E-state index in [2.05, 4.69) is 4.72 Å². The quantitative estimate of drug-likeness (QED) is 0.0883. The van der Waals surface area contributed by atoms with Crippen molar-refractivity contribution in [1.82, 2.24) is 9.62 Å². The molecule has 15 atom stereocenters. The van der Waals surface area contributed by atoms with Crippen molar-refractivity contribution in [3.05, 3.63) is 47.6 Å². The van der Waals surface area contributed by atoms with E-state index in [1.807, 2.05) is 45.9 Å². The van der Waals surface area contributed by atoms with Crippen molar-refractivity contribution in [2.45, 2.75) is 186 Å². The first-order valence-electron chi connectivity index (χ1n) is 25.8. The number of fused-ring (bicyclic) bond motifs is 3. The van der Waals surface area contributed by atoms with E-state index in [4.69, 9.17) is 23.5 Å². The van der Waals surface area contributed by atoms with Gasteiger partial charge in [-0.15, -0.1) is 0 Å². The van der Waals surface area contributed by atoms with Gasteiger partial charge in [0.15, 0.2) is 13.2 Å². The summed E-state index contributed by atoms with van der Waals surface area (Å²) in [6.07, 6.45) is 14.2. The minimum absolute atomic E-state index is 0.0158. The second-order valence-electron chi connectivity index (χ2n) is 21.7. The van der Waals surface area contributed by atoms with Gasteiger partial charge in [-0.05, 0) is 127 Å². The zero-order valence-electron chi connectivity index (χ0n) is 44.5. The number of piperidine rings is 1. The molecule has 1 saturated carbocycles. The van der Waals surface area contributed by atoms with Gasteiger partial charge in [-0.2, -0.15) is 0 Å². The van der Waals surface area contributed by atoms with E-state index in [9.17, 15) is 42.4 Å². The number of Topliss-reactive ketones (excluding diaryl/α,β-unsaturated/α-hetero) is 2. The van der Waals surface area contributed by atoms with Crippen molar-refractivity contribution >= 4 is 40.8 Å². The Kier molecular flexibility index (Phi) is 23.2. The largest absolute Gasteiger partial charge is 0.461 e. The Balaban J connectivity index is 1.71. The lowest BCUT2D eigenvalue weighted by atomic mass is 9.78. The number of hydrogen-bond acceptors (Lipinski definition) is 14. The van der Waals surface area contributed by atoms with Crippen molar-refractivity contribution in [3.63, 3.8) is 0 Å². The van der Waals surface area contributed by atoms with Crippen LogP contribution in [0.5, 0.6) is 0 Å². The second kappa shape index (κ2) is 27.1. The number of nitrogens with one attached hydrogen (secondary N) is 1. The molecule has 16 nitrogen and oxygen atoms in total. The van der Waals surface area contributed by atoms with Crippen LogP contribution in [0.15, 0.2) is 47.6 Å². The number of methoxy groups -OCH3 is 2. The number of esters is 1. The fraction of sp³-hybridized carbons (Fsp3) is 0.774. The van der Waals surface area contributed by atoms with E-state index >= 15 is 0 Å². The minimum atomic E-state index is -3.73. The molecule has 2 saturated heterocycles. The van der Waals surface area contributed by atoms with E-state index in [1.165, 1.54) is 12.0 Å². The molecule has 3 aliphatic heterocycles. The highest BCUT2D eigenvalue weighted by Gasteiger charge is 2.53. The Hall–Kier alpha value is -2.86. The fourth-order valence-electron chi connectivity index (χ4n) is 10.9. The molecule has 18 heteroatoms. The van der Waals surface area contributed by atoms with Crippen LogP contribution in [0.1, 0.15) is 132 Å². The van der Waals surface area contributed by atoms with Crippen molar-refractivity contribution in [2.24, 2.45) is 35.5 Å². The summed E-state index contributed by atoms with van der Waals surface area (Å²) < 4.78 is 70.5. The molecule has 0 spiro atoms. The third-order valence-electron chi connectivity index (χ3n) is 15.0. The lowest BCUT2D eigenvalue weighted by Gasteiger charge is -2.43. The number of rotatable bonds is 9. The average molecular weight is 1040 g/mol. The van der Waals surface area contributed by atoms with Gasteiger partial charge >= 0.3 is 5.97 Å². The normalized spacial score (nSPS) is 38.5. The number of allylic oxidation sites excluding steroid dienone is 6. The maximum Gasteiger partial charge on any atom is 0.329 e. The summed E-state index contributed by atoms with van der Waals surface area (Å²) in [7, 11) is -3.46. The predicted octanol–water partition coefficient (Wildman–Crippen LogP) is 7.47. The summed E-state index contributed by atoms with van der Waals surface area (Å²) in [4.78, 5) is 58.2. The first-order valence-corrected chi connectivity index (χ1v) is 30.2. The summed E-state index contributed by atoms with van der Waals surface area (Å²) in [5.41, 5.74) is 1.21. The fourth-order valence-corrected chi connectivity index (χ4v) is 12.6. The van der Waals surface area contributed by atoms with Gasteiger partial charge in [-0.3, -0.25) is 18.9 Å². The molecule has 0 aromatic heterocycles. The number of ether oxygens (including phenoxy) is 4. The van der Waals surface area contributed by atoms with Gasteiger partial charge in [0.05, 0.1) is 24.6 Å². The zero-order valence-corrected chi connectivity index (χ0v) is 46.3. The molecule has 2 bridgehead atoms. The maximum absolute atomic E-state index is 14.5. The van der Waals surface area contributed by atoms with Crippen LogP contribution in [-0.4, -0.2) is 142 Å². The van der Waals surface area contributed by atoms with Crippen LogP contribution in [0.4, 0.5) is 0 Å². The highest BCUT2D eigenvalue weighted by molar-refractivity contribution is 7.88. The van der Waals surface area contributed by atoms with Gasteiger partial charge in [0.1, 0.15) is 24.4 Å². The molecule has 4 rings (SSSR count). The van der Waals surface area contributed by atoms with Gasteiger partial charge in [-0.1, -0.05) is 76.6 Å². The summed E-state index contributed by atoms with van der Waals surface area (Å²) in [5, 5.41) is 23.6. The number of amides is 1. The third-order valence-corrected chi connectivity index (χ3v) is 16.5. The lowest BCUT2D eigenvalue weighted by molar-refractivity contribution is -0.264. The van der Waals surface area contributed by atoms with E-state index < -0.39 is 89.2 Å². The van der Waals surface area contributed by atoms with Gasteiger partial charge < -0.3 is 38.6 Å². The van der Waals surface area contributed by atoms with E-state index in [0.717, 1.165) is 12.7 Å². The number of carbonyl (C=O) groups excluding carboxylic acids is 4. The summed E-state index contributed by atoms with van der Waals surface area (Å²) in [6, 6.07) is -1.88. The molecule has 4 aliphatic rings. The second-order valence-corrected chi connectivity index (χ2v) is 26.2. The van der Waals surface area contributed by atoms with Gasteiger partial charge in [0.2, 0.25) is 15.8 Å². The Morgan fingerprint density at radius 1 is 0.873 bits per heavy atom. The topological polar surface area (TPSA) is 221 Å². The summed E-state index contributed by atoms with van der Waals surface area (Å²) in [6.45, 7) is 16.3. The Labute approximate surface area is 424 Å². The zero-order chi connectivity index (χ0) is 53.0. The van der Waals surface area contributed by atoms with E-state index in [0.29, 0.717) is 75.4 Å². The molecular formula is C53H87N2O14PS. The predicted molar refractivity (Wildman–Crippen MR) is 274 cm³/mol. The first-order chi connectivity index (χ1) is 33.2. The molecule has 1 amide bonds. The smallest absolute Gasteiger partial charge is 0.329 e. The number of ketones is 2. The molecular weight excluding hydrogens is 952 g/mol. The molecule has 3 fully saturated rings. The number of aliphatic hydroxyl groups is 2. The van der Waals surface area contributed by atoms with Crippen molar-refractivity contribution < 1.29 is 65.8 Å². The average Bonchev–Trinajstić information content (AvgIpc) is 3.29. The molecule has 404 valence electrons. The molecule has 3 heterocycles. The van der Waals surface area contributed by atoms with Crippen LogP contribution in [0, 0.1) is 35.5 Å². The summed E-state index contributed by atoms with van der Waals surface area (Å²) >= 11 is 0. The van der Waals surface area contributed by atoms with Crippen molar-refractivity contribution in [2.75, 3.05) is 40.3 Å². The molecule has 1 aliphatic carbocycles. The molecule has 71 heavy (non-hydrogen) atoms. The van der Waals surface area contributed by atoms with Gasteiger partial charge in [0, 0.05) is 52.0 Å². The van der Waals surface area contributed by atoms with Crippen molar-refractivity contribution in [1.29, 1.82) is 0 Å². The highest BCUT2D eigenvalue weighted by atomic mass is 32.2. The number of aliphatic hydroxyl groups excluding tert-OH is 1.